The van der Waals surface area contributed by atoms with Gasteiger partial charge >= 0.3 is 5.97 Å². The lowest BCUT2D eigenvalue weighted by molar-refractivity contribution is -0.141. The zero-order chi connectivity index (χ0) is 15.2. The molecular formula is C15H23N3O3. The first-order valence-electron chi connectivity index (χ1n) is 7.25. The second-order valence-electron chi connectivity index (χ2n) is 5.19. The molecule has 0 radical (unpaired) electrons. The number of benzene rings is 1. The normalized spacial score (nSPS) is 18.4. The first-order chi connectivity index (χ1) is 10.1. The summed E-state index contributed by atoms with van der Waals surface area (Å²) in [6, 6.07) is 6.48. The van der Waals surface area contributed by atoms with Crippen LogP contribution < -0.4 is 10.2 Å². The smallest absolute Gasteiger partial charge is 0.326 e. The van der Waals surface area contributed by atoms with Crippen LogP contribution in [0.1, 0.15) is 18.5 Å². The van der Waals surface area contributed by atoms with E-state index in [0.717, 1.165) is 37.5 Å². The molecule has 1 atom stereocenters. The molecule has 0 saturated carbocycles. The molecule has 6 nitrogen and oxygen atoms in total. The van der Waals surface area contributed by atoms with E-state index >= 15 is 0 Å². The summed E-state index contributed by atoms with van der Waals surface area (Å²) in [5, 5.41) is 11.4. The van der Waals surface area contributed by atoms with Gasteiger partial charge in [0, 0.05) is 26.2 Å². The third-order valence-corrected chi connectivity index (χ3v) is 3.59. The van der Waals surface area contributed by atoms with Crippen molar-refractivity contribution in [3.63, 3.8) is 0 Å². The number of aliphatic carboxylic acids is 1. The second-order valence-corrected chi connectivity index (χ2v) is 5.19. The van der Waals surface area contributed by atoms with Gasteiger partial charge in [-0.25, -0.2) is 10.4 Å². The zero-order valence-electron chi connectivity index (χ0n) is 12.6. The number of hydrogen-bond donors (Lipinski definition) is 2. The number of hydrazine groups is 1. The van der Waals surface area contributed by atoms with Gasteiger partial charge in [-0.15, -0.1) is 0 Å². The van der Waals surface area contributed by atoms with Crippen LogP contribution in [-0.2, 0) is 4.79 Å². The lowest BCUT2D eigenvalue weighted by Gasteiger charge is -2.34. The van der Waals surface area contributed by atoms with Crippen molar-refractivity contribution in [1.29, 1.82) is 0 Å². The molecule has 1 aliphatic rings. The van der Waals surface area contributed by atoms with Crippen LogP contribution >= 0.6 is 0 Å². The predicted octanol–water partition coefficient (Wildman–Crippen LogP) is 0.963. The molecule has 1 aliphatic heterocycles. The van der Waals surface area contributed by atoms with E-state index in [1.165, 1.54) is 0 Å². The number of ether oxygens (including phenoxy) is 1. The molecule has 1 fully saturated rings. The van der Waals surface area contributed by atoms with Crippen LogP contribution in [0.5, 0.6) is 5.75 Å². The molecule has 21 heavy (non-hydrogen) atoms. The molecule has 0 bridgehead atoms. The average Bonchev–Trinajstić information content (AvgIpc) is 2.48. The van der Waals surface area contributed by atoms with Crippen molar-refractivity contribution in [1.82, 2.24) is 15.3 Å². The number of nitrogens with one attached hydrogen (secondary N) is 1. The van der Waals surface area contributed by atoms with Crippen LogP contribution in [0.25, 0.3) is 0 Å². The van der Waals surface area contributed by atoms with Crippen LogP contribution in [0.4, 0.5) is 0 Å². The summed E-state index contributed by atoms with van der Waals surface area (Å²) in [5.74, 6) is -0.122. The van der Waals surface area contributed by atoms with Crippen molar-refractivity contribution in [2.45, 2.75) is 13.0 Å². The fraction of sp³-hybridized carbons (Fsp3) is 0.533. The monoisotopic (exact) mass is 293 g/mol. The number of piperazine rings is 1. The molecule has 1 heterocycles. The number of rotatable bonds is 6. The third-order valence-electron chi connectivity index (χ3n) is 3.59. The van der Waals surface area contributed by atoms with Gasteiger partial charge < -0.3 is 14.7 Å². The number of likely N-dealkylation sites (N-methyl/N-ethyl adjacent to an activating group) is 1. The van der Waals surface area contributed by atoms with Gasteiger partial charge in [-0.05, 0) is 31.7 Å². The Morgan fingerprint density at radius 2 is 1.90 bits per heavy atom. The Morgan fingerprint density at radius 1 is 1.29 bits per heavy atom. The predicted molar refractivity (Wildman–Crippen MR) is 80.2 cm³/mol. The summed E-state index contributed by atoms with van der Waals surface area (Å²) in [4.78, 5) is 13.7. The highest BCUT2D eigenvalue weighted by Gasteiger charge is 2.24. The van der Waals surface area contributed by atoms with Gasteiger partial charge in [-0.1, -0.05) is 12.1 Å². The van der Waals surface area contributed by atoms with E-state index in [4.69, 9.17) is 4.74 Å². The van der Waals surface area contributed by atoms with Crippen molar-refractivity contribution in [2.24, 2.45) is 0 Å². The summed E-state index contributed by atoms with van der Waals surface area (Å²) in [6.45, 7) is 6.02. The highest BCUT2D eigenvalue weighted by atomic mass is 16.5. The number of nitrogens with zero attached hydrogens (tertiary/aromatic N) is 2. The Bertz CT molecular complexity index is 456. The van der Waals surface area contributed by atoms with Crippen molar-refractivity contribution in [2.75, 3.05) is 39.8 Å². The zero-order valence-corrected chi connectivity index (χ0v) is 12.6. The summed E-state index contributed by atoms with van der Waals surface area (Å²) in [5.41, 5.74) is 3.84. The van der Waals surface area contributed by atoms with Gasteiger partial charge in [0.1, 0.15) is 11.8 Å². The quantitative estimate of drug-likeness (QED) is 0.814. The molecule has 0 aromatic heterocycles. The maximum Gasteiger partial charge on any atom is 0.326 e. The van der Waals surface area contributed by atoms with Crippen LogP contribution in [0.3, 0.4) is 0 Å². The summed E-state index contributed by atoms with van der Waals surface area (Å²) in [6.07, 6.45) is 0. The van der Waals surface area contributed by atoms with Crippen LogP contribution in [0.2, 0.25) is 0 Å². The second kappa shape index (κ2) is 7.40. The molecular weight excluding hydrogens is 270 g/mol. The molecule has 1 aromatic carbocycles. The van der Waals surface area contributed by atoms with Gasteiger partial charge in [0.15, 0.2) is 0 Å². The lowest BCUT2D eigenvalue weighted by Crippen LogP contribution is -2.52. The minimum absolute atomic E-state index is 0.598. The Morgan fingerprint density at radius 3 is 2.43 bits per heavy atom. The first kappa shape index (κ1) is 15.8. The van der Waals surface area contributed by atoms with Gasteiger partial charge in [0.05, 0.1) is 6.61 Å². The molecule has 1 aromatic rings. The Hall–Kier alpha value is -1.63. The van der Waals surface area contributed by atoms with Gasteiger partial charge in [-0.2, -0.15) is 0 Å². The van der Waals surface area contributed by atoms with Crippen LogP contribution in [-0.4, -0.2) is 60.8 Å². The third kappa shape index (κ3) is 4.42. The highest BCUT2D eigenvalue weighted by molar-refractivity contribution is 5.75. The molecule has 2 N–H and O–H groups in total. The SMILES string of the molecule is CCOc1ccc(C(NN2CCN(C)CC2)C(=O)O)cc1. The topological polar surface area (TPSA) is 65.0 Å². The molecule has 1 unspecified atom stereocenters. The van der Waals surface area contributed by atoms with E-state index in [2.05, 4.69) is 17.4 Å². The summed E-state index contributed by atoms with van der Waals surface area (Å²) in [7, 11) is 2.07. The molecule has 0 spiro atoms. The maximum absolute atomic E-state index is 11.5. The molecule has 0 aliphatic carbocycles. The van der Waals surface area contributed by atoms with E-state index in [1.807, 2.05) is 11.9 Å². The van der Waals surface area contributed by atoms with E-state index in [1.54, 1.807) is 24.3 Å². The molecule has 0 amide bonds. The van der Waals surface area contributed by atoms with E-state index in [9.17, 15) is 9.90 Å². The van der Waals surface area contributed by atoms with E-state index in [-0.39, 0.29) is 0 Å². The minimum Gasteiger partial charge on any atom is -0.494 e. The maximum atomic E-state index is 11.5. The minimum atomic E-state index is -0.877. The van der Waals surface area contributed by atoms with E-state index < -0.39 is 12.0 Å². The number of hydrogen-bond acceptors (Lipinski definition) is 5. The summed E-state index contributed by atoms with van der Waals surface area (Å²) < 4.78 is 5.38. The van der Waals surface area contributed by atoms with Gasteiger partial charge in [0.25, 0.3) is 0 Å². The van der Waals surface area contributed by atoms with E-state index in [0.29, 0.717) is 6.61 Å². The molecule has 1 saturated heterocycles. The van der Waals surface area contributed by atoms with Crippen LogP contribution in [0.15, 0.2) is 24.3 Å². The van der Waals surface area contributed by atoms with Crippen molar-refractivity contribution in [3.8, 4) is 5.75 Å². The first-order valence-corrected chi connectivity index (χ1v) is 7.25. The average molecular weight is 293 g/mol. The highest BCUT2D eigenvalue weighted by Crippen LogP contribution is 2.19. The molecule has 2 rings (SSSR count). The standard InChI is InChI=1S/C15H23N3O3/c1-3-21-13-6-4-12(5-7-13)14(15(19)20)16-18-10-8-17(2)9-11-18/h4-7,14,16H,3,8-11H2,1-2H3,(H,19,20). The number of carboxylic acids is 1. The molecule has 6 heteroatoms. The van der Waals surface area contributed by atoms with Crippen molar-refractivity contribution < 1.29 is 14.6 Å². The van der Waals surface area contributed by atoms with Gasteiger partial charge in [-0.3, -0.25) is 4.79 Å². The largest absolute Gasteiger partial charge is 0.494 e. The Balaban J connectivity index is 2.02. The Labute approximate surface area is 125 Å². The van der Waals surface area contributed by atoms with Gasteiger partial charge in [0.2, 0.25) is 0 Å². The summed E-state index contributed by atoms with van der Waals surface area (Å²) >= 11 is 0. The number of carboxylic acid groups (broad SMARTS) is 1. The lowest BCUT2D eigenvalue weighted by atomic mass is 10.1. The van der Waals surface area contributed by atoms with Crippen LogP contribution in [0, 0.1) is 0 Å². The number of carbonyl (C=O) groups is 1. The van der Waals surface area contributed by atoms with Crippen molar-refractivity contribution >= 4 is 5.97 Å². The Kier molecular flexibility index (Phi) is 5.55. The van der Waals surface area contributed by atoms with Crippen molar-refractivity contribution in [3.05, 3.63) is 29.8 Å². The fourth-order valence-corrected chi connectivity index (χ4v) is 2.31. The molecule has 116 valence electrons. The fourth-order valence-electron chi connectivity index (χ4n) is 2.31.